The topological polar surface area (TPSA) is 140 Å². The van der Waals surface area contributed by atoms with E-state index in [9.17, 15) is 22.6 Å². The van der Waals surface area contributed by atoms with Crippen molar-refractivity contribution in [3.63, 3.8) is 0 Å². The van der Waals surface area contributed by atoms with E-state index >= 15 is 0 Å². The van der Waals surface area contributed by atoms with Gasteiger partial charge in [-0.2, -0.15) is 13.5 Å². The maximum Gasteiger partial charge on any atom is 0.294 e. The lowest BCUT2D eigenvalue weighted by molar-refractivity contribution is -0.118. The number of aryl methyl sites for hydroxylation is 1. The van der Waals surface area contributed by atoms with E-state index in [-0.39, 0.29) is 16.2 Å². The third-order valence-electron chi connectivity index (χ3n) is 6.43. The van der Waals surface area contributed by atoms with E-state index < -0.39 is 33.9 Å². The van der Waals surface area contributed by atoms with E-state index in [0.717, 1.165) is 0 Å². The Kier molecular flexibility index (Phi) is 6.47. The first-order valence-electron chi connectivity index (χ1n) is 11.7. The Labute approximate surface area is 219 Å². The first kappa shape index (κ1) is 25.2. The van der Waals surface area contributed by atoms with Gasteiger partial charge in [-0.1, -0.05) is 36.4 Å². The van der Waals surface area contributed by atoms with Gasteiger partial charge in [0.15, 0.2) is 0 Å². The van der Waals surface area contributed by atoms with Crippen molar-refractivity contribution in [1.29, 1.82) is 0 Å². The molecule has 0 bridgehead atoms. The van der Waals surface area contributed by atoms with Gasteiger partial charge >= 0.3 is 0 Å². The number of nitrogens with zero attached hydrogens (tertiary/aromatic N) is 2. The van der Waals surface area contributed by atoms with E-state index in [1.54, 1.807) is 41.9 Å². The fraction of sp³-hybridized carbons (Fsp3) is 0.148. The molecule has 5 rings (SSSR count). The predicted octanol–water partition coefficient (Wildman–Crippen LogP) is 3.32. The molecule has 1 aliphatic heterocycles. The molecule has 11 heteroatoms. The number of benzene rings is 3. The molecule has 0 unspecified atom stereocenters. The van der Waals surface area contributed by atoms with Crippen LogP contribution in [0.1, 0.15) is 33.1 Å². The molecule has 0 saturated carbocycles. The number of hydrogen-bond acceptors (Lipinski definition) is 6. The van der Waals surface area contributed by atoms with Gasteiger partial charge in [-0.15, -0.1) is 0 Å². The highest BCUT2D eigenvalue weighted by atomic mass is 32.2. The van der Waals surface area contributed by atoms with Gasteiger partial charge in [0, 0.05) is 22.6 Å². The lowest BCUT2D eigenvalue weighted by atomic mass is 9.81. The molecule has 2 heterocycles. The summed E-state index contributed by atoms with van der Waals surface area (Å²) in [5.41, 5.74) is 2.44. The van der Waals surface area contributed by atoms with Gasteiger partial charge in [-0.25, -0.2) is 4.68 Å². The molecule has 3 N–H and O–H groups in total. The first-order valence-corrected chi connectivity index (χ1v) is 13.1. The minimum Gasteiger partial charge on any atom is -0.496 e. The van der Waals surface area contributed by atoms with Crippen LogP contribution in [0.4, 0.5) is 5.82 Å². The minimum atomic E-state index is -4.58. The molecule has 0 spiro atoms. The van der Waals surface area contributed by atoms with Crippen molar-refractivity contribution >= 4 is 27.8 Å². The Morgan fingerprint density at radius 2 is 1.71 bits per heavy atom. The average Bonchev–Trinajstić information content (AvgIpc) is 3.24. The van der Waals surface area contributed by atoms with Gasteiger partial charge in [0.2, 0.25) is 5.91 Å². The number of anilines is 1. The smallest absolute Gasteiger partial charge is 0.294 e. The largest absolute Gasteiger partial charge is 0.496 e. The van der Waals surface area contributed by atoms with Crippen molar-refractivity contribution in [2.24, 2.45) is 0 Å². The number of rotatable bonds is 6. The number of amides is 2. The molecular weight excluding hydrogens is 508 g/mol. The van der Waals surface area contributed by atoms with Crippen LogP contribution in [-0.4, -0.2) is 47.7 Å². The highest BCUT2D eigenvalue weighted by Gasteiger charge is 2.43. The molecule has 2 amide bonds. The van der Waals surface area contributed by atoms with E-state index in [0.29, 0.717) is 28.3 Å². The monoisotopic (exact) mass is 532 g/mol. The van der Waals surface area contributed by atoms with Crippen LogP contribution in [0.15, 0.2) is 83.8 Å². The highest BCUT2D eigenvalue weighted by Crippen LogP contribution is 2.44. The highest BCUT2D eigenvalue weighted by molar-refractivity contribution is 7.85. The second-order valence-electron chi connectivity index (χ2n) is 8.76. The summed E-state index contributed by atoms with van der Waals surface area (Å²) in [4.78, 5) is 26.4. The number of carbonyl (C=O) groups excluding carboxylic acids is 2. The Morgan fingerprint density at radius 3 is 2.34 bits per heavy atom. The quantitative estimate of drug-likeness (QED) is 0.324. The van der Waals surface area contributed by atoms with Gasteiger partial charge in [-0.05, 0) is 49.4 Å². The lowest BCUT2D eigenvalue weighted by Crippen LogP contribution is -2.50. The third-order valence-corrected chi connectivity index (χ3v) is 7.28. The zero-order valence-corrected chi connectivity index (χ0v) is 21.3. The van der Waals surface area contributed by atoms with Crippen LogP contribution in [0.5, 0.6) is 5.75 Å². The summed E-state index contributed by atoms with van der Waals surface area (Å²) in [5, 5.41) is 10.3. The van der Waals surface area contributed by atoms with Gasteiger partial charge < -0.3 is 15.4 Å². The zero-order valence-electron chi connectivity index (χ0n) is 20.5. The number of carbonyl (C=O) groups is 2. The number of para-hydroxylation sites is 1. The van der Waals surface area contributed by atoms with Crippen LogP contribution < -0.4 is 15.4 Å². The van der Waals surface area contributed by atoms with E-state index in [2.05, 4.69) is 15.7 Å². The van der Waals surface area contributed by atoms with Crippen LogP contribution in [0.2, 0.25) is 0 Å². The molecule has 10 nitrogen and oxygen atoms in total. The van der Waals surface area contributed by atoms with Crippen LogP contribution in [0.3, 0.4) is 0 Å². The fourth-order valence-electron chi connectivity index (χ4n) is 4.71. The van der Waals surface area contributed by atoms with Gasteiger partial charge in [0.05, 0.1) is 23.4 Å². The summed E-state index contributed by atoms with van der Waals surface area (Å²) in [5.74, 6) is -1.26. The number of nitrogens with one attached hydrogen (secondary N) is 2. The molecule has 2 atom stereocenters. The second-order valence-corrected chi connectivity index (χ2v) is 10.2. The Bertz CT molecular complexity index is 1640. The van der Waals surface area contributed by atoms with Crippen LogP contribution in [-0.2, 0) is 14.9 Å². The van der Waals surface area contributed by atoms with Crippen LogP contribution in [0, 0.1) is 6.92 Å². The first-order chi connectivity index (χ1) is 18.2. The van der Waals surface area contributed by atoms with Crippen LogP contribution in [0.25, 0.3) is 5.69 Å². The maximum atomic E-state index is 13.6. The van der Waals surface area contributed by atoms with Crippen molar-refractivity contribution in [2.75, 3.05) is 12.4 Å². The average molecular weight is 533 g/mol. The molecule has 1 aromatic heterocycles. The Hall–Kier alpha value is -4.48. The van der Waals surface area contributed by atoms with E-state index in [1.165, 1.54) is 25.3 Å². The molecule has 194 valence electrons. The molecule has 0 aliphatic carbocycles. The maximum absolute atomic E-state index is 13.6. The summed E-state index contributed by atoms with van der Waals surface area (Å²) in [7, 11) is -3.17. The predicted molar refractivity (Wildman–Crippen MR) is 139 cm³/mol. The van der Waals surface area contributed by atoms with Crippen LogP contribution >= 0.6 is 0 Å². The number of ether oxygens (including phenoxy) is 1. The SMILES string of the molecule is COc1ccc(S(=O)(=O)O)cc1[C@H]1c2c(C)nn(-c3ccccc3)c2NC(=O)[C@@H]1NC(=O)c1ccccc1. The van der Waals surface area contributed by atoms with Gasteiger partial charge in [0.1, 0.15) is 17.6 Å². The Morgan fingerprint density at radius 1 is 1.05 bits per heavy atom. The summed E-state index contributed by atoms with van der Waals surface area (Å²) >= 11 is 0. The minimum absolute atomic E-state index is 0.272. The number of methoxy groups -OCH3 is 1. The van der Waals surface area contributed by atoms with Crippen molar-refractivity contribution in [1.82, 2.24) is 15.1 Å². The van der Waals surface area contributed by atoms with Crippen molar-refractivity contribution < 1.29 is 27.3 Å². The molecule has 0 fully saturated rings. The standard InChI is InChI=1S/C27H24N4O6S/c1-16-22-23(20-15-19(38(34,35)36)13-14-21(20)37-2)24(28-26(32)17-9-5-3-6-10-17)27(33)29-25(22)31(30-16)18-11-7-4-8-12-18/h3-15,23-24H,1-2H3,(H,28,32)(H,29,33)(H,34,35,36)/t23-,24+/m0/s1. The van der Waals surface area contributed by atoms with Crippen molar-refractivity contribution in [3.8, 4) is 11.4 Å². The molecule has 0 radical (unpaired) electrons. The molecule has 4 aromatic rings. The van der Waals surface area contributed by atoms with Gasteiger partial charge in [-0.3, -0.25) is 14.1 Å². The van der Waals surface area contributed by atoms with E-state index in [4.69, 9.17) is 4.74 Å². The normalized spacial score (nSPS) is 16.9. The Balaban J connectivity index is 1.73. The van der Waals surface area contributed by atoms with E-state index in [1.807, 2.05) is 30.3 Å². The third kappa shape index (κ3) is 4.53. The molecule has 1 aliphatic rings. The summed E-state index contributed by atoms with van der Waals surface area (Å²) in [6, 6.07) is 20.3. The number of hydrogen-bond donors (Lipinski definition) is 3. The van der Waals surface area contributed by atoms with Crippen molar-refractivity contribution in [2.45, 2.75) is 23.8 Å². The lowest BCUT2D eigenvalue weighted by Gasteiger charge is -2.33. The molecular formula is C27H24N4O6S. The summed E-state index contributed by atoms with van der Waals surface area (Å²) < 4.78 is 40.9. The summed E-state index contributed by atoms with van der Waals surface area (Å²) in [6.45, 7) is 1.76. The fourth-order valence-corrected chi connectivity index (χ4v) is 5.23. The number of fused-ring (bicyclic) bond motifs is 1. The second kappa shape index (κ2) is 9.77. The molecule has 0 saturated heterocycles. The summed E-state index contributed by atoms with van der Waals surface area (Å²) in [6.07, 6.45) is 0. The zero-order chi connectivity index (χ0) is 27.0. The van der Waals surface area contributed by atoms with Gasteiger partial charge in [0.25, 0.3) is 16.0 Å². The van der Waals surface area contributed by atoms with Crippen molar-refractivity contribution in [3.05, 3.63) is 101 Å². The number of aromatic nitrogens is 2. The molecule has 3 aromatic carbocycles. The molecule has 38 heavy (non-hydrogen) atoms.